The lowest BCUT2D eigenvalue weighted by Crippen LogP contribution is -2.50. The maximum absolute atomic E-state index is 12.8. The Morgan fingerprint density at radius 2 is 1.81 bits per heavy atom. The zero-order chi connectivity index (χ0) is 20.2. The highest BCUT2D eigenvalue weighted by Crippen LogP contribution is 2.22. The highest BCUT2D eigenvalue weighted by molar-refractivity contribution is 7.89. The van der Waals surface area contributed by atoms with E-state index in [1.54, 1.807) is 6.92 Å². The van der Waals surface area contributed by atoms with Gasteiger partial charge in [0.05, 0.1) is 10.7 Å². The van der Waals surface area contributed by atoms with E-state index in [0.717, 1.165) is 0 Å². The number of sulfonamides is 1. The lowest BCUT2D eigenvalue weighted by Gasteiger charge is -2.37. The van der Waals surface area contributed by atoms with E-state index in [9.17, 15) is 28.1 Å². The average molecular weight is 399 g/mol. The van der Waals surface area contributed by atoms with Gasteiger partial charge in [0.2, 0.25) is 10.0 Å². The van der Waals surface area contributed by atoms with Gasteiger partial charge in [-0.25, -0.2) is 12.7 Å². The number of nitro benzene ring substituents is 1. The monoisotopic (exact) mass is 399 g/mol. The molecule has 1 heterocycles. The van der Waals surface area contributed by atoms with Gasteiger partial charge in [0.15, 0.2) is 0 Å². The molecule has 1 aliphatic heterocycles. The minimum atomic E-state index is -3.33. The number of hydrogen-bond donors (Lipinski definition) is 1. The van der Waals surface area contributed by atoms with Gasteiger partial charge in [-0.2, -0.15) is 0 Å². The summed E-state index contributed by atoms with van der Waals surface area (Å²) in [5, 5.41) is 19.9. The zero-order valence-corrected chi connectivity index (χ0v) is 15.6. The van der Waals surface area contributed by atoms with Crippen molar-refractivity contribution in [3.63, 3.8) is 0 Å². The summed E-state index contributed by atoms with van der Waals surface area (Å²) in [6, 6.07) is 4.51. The zero-order valence-electron chi connectivity index (χ0n) is 14.8. The fraction of sp³-hybridized carbons (Fsp3) is 0.500. The van der Waals surface area contributed by atoms with Gasteiger partial charge in [-0.05, 0) is 31.9 Å². The molecule has 0 saturated carbocycles. The standard InChI is InChI=1S/C16H21N3O7S/c1-2-27(25,26)17-9-7-13(8-10-17)18(11-15(20)21)16(22)12-3-5-14(6-4-12)19(23)24/h3-6,13H,2,7-11H2,1H3,(H,20,21). The number of carboxylic acid groups (broad SMARTS) is 1. The number of carbonyl (C=O) groups excluding carboxylic acids is 1. The summed E-state index contributed by atoms with van der Waals surface area (Å²) >= 11 is 0. The van der Waals surface area contributed by atoms with Gasteiger partial charge in [-0.3, -0.25) is 19.7 Å². The summed E-state index contributed by atoms with van der Waals surface area (Å²) in [6.07, 6.45) is 0.649. The highest BCUT2D eigenvalue weighted by Gasteiger charge is 2.33. The van der Waals surface area contributed by atoms with Gasteiger partial charge < -0.3 is 10.0 Å². The molecule has 1 N–H and O–H groups in total. The van der Waals surface area contributed by atoms with Crippen molar-refractivity contribution in [1.82, 2.24) is 9.21 Å². The summed E-state index contributed by atoms with van der Waals surface area (Å²) in [5.41, 5.74) is -0.0279. The number of rotatable bonds is 7. The predicted octanol–water partition coefficient (Wildman–Crippen LogP) is 0.936. The van der Waals surface area contributed by atoms with E-state index >= 15 is 0 Å². The molecule has 0 radical (unpaired) electrons. The predicted molar refractivity (Wildman–Crippen MR) is 95.8 cm³/mol. The summed E-state index contributed by atoms with van der Waals surface area (Å²) in [4.78, 5) is 35.3. The molecule has 11 heteroatoms. The van der Waals surface area contributed by atoms with Crippen molar-refractivity contribution in [2.75, 3.05) is 25.4 Å². The quantitative estimate of drug-likeness (QED) is 0.532. The summed E-state index contributed by atoms with van der Waals surface area (Å²) in [5.74, 6) is -1.75. The molecule has 0 unspecified atom stereocenters. The van der Waals surface area contributed by atoms with Crippen LogP contribution >= 0.6 is 0 Å². The van der Waals surface area contributed by atoms with Crippen molar-refractivity contribution in [3.05, 3.63) is 39.9 Å². The second-order valence-electron chi connectivity index (χ2n) is 6.16. The number of nitrogens with zero attached hydrogens (tertiary/aromatic N) is 3. The third-order valence-electron chi connectivity index (χ3n) is 4.51. The lowest BCUT2D eigenvalue weighted by molar-refractivity contribution is -0.384. The van der Waals surface area contributed by atoms with Crippen LogP contribution in [0.3, 0.4) is 0 Å². The van der Waals surface area contributed by atoms with E-state index in [1.165, 1.54) is 33.5 Å². The first kappa shape index (κ1) is 20.8. The van der Waals surface area contributed by atoms with Crippen LogP contribution in [-0.2, 0) is 14.8 Å². The van der Waals surface area contributed by atoms with Crippen molar-refractivity contribution in [1.29, 1.82) is 0 Å². The molecule has 27 heavy (non-hydrogen) atoms. The minimum Gasteiger partial charge on any atom is -0.480 e. The Balaban J connectivity index is 2.17. The Bertz CT molecular complexity index is 815. The topological polar surface area (TPSA) is 138 Å². The van der Waals surface area contributed by atoms with E-state index in [-0.39, 0.29) is 30.1 Å². The number of carbonyl (C=O) groups is 2. The molecular formula is C16H21N3O7S. The fourth-order valence-corrected chi connectivity index (χ4v) is 4.15. The summed E-state index contributed by atoms with van der Waals surface area (Å²) in [7, 11) is -3.33. The van der Waals surface area contributed by atoms with Gasteiger partial charge in [-0.1, -0.05) is 0 Å². The third-order valence-corrected chi connectivity index (χ3v) is 6.40. The van der Waals surface area contributed by atoms with E-state index in [2.05, 4.69) is 0 Å². The first-order valence-electron chi connectivity index (χ1n) is 8.40. The van der Waals surface area contributed by atoms with Crippen LogP contribution in [0.2, 0.25) is 0 Å². The second-order valence-corrected chi connectivity index (χ2v) is 8.42. The van der Waals surface area contributed by atoms with Gasteiger partial charge in [0.1, 0.15) is 6.54 Å². The molecule has 1 aromatic rings. The number of non-ortho nitro benzene ring substituents is 1. The lowest BCUT2D eigenvalue weighted by atomic mass is 10.0. The first-order chi connectivity index (χ1) is 12.7. The van der Waals surface area contributed by atoms with E-state index < -0.39 is 39.4 Å². The van der Waals surface area contributed by atoms with Gasteiger partial charge >= 0.3 is 5.97 Å². The van der Waals surface area contributed by atoms with Crippen molar-refractivity contribution in [2.24, 2.45) is 0 Å². The van der Waals surface area contributed by atoms with Gasteiger partial charge in [0.25, 0.3) is 11.6 Å². The van der Waals surface area contributed by atoms with Gasteiger partial charge in [-0.15, -0.1) is 0 Å². The number of nitro groups is 1. The van der Waals surface area contributed by atoms with Crippen molar-refractivity contribution >= 4 is 27.6 Å². The normalized spacial score (nSPS) is 16.0. The Labute approximate surface area is 156 Å². The molecule has 1 fully saturated rings. The molecule has 0 aliphatic carbocycles. The second kappa shape index (κ2) is 8.44. The highest BCUT2D eigenvalue weighted by atomic mass is 32.2. The van der Waals surface area contributed by atoms with Crippen LogP contribution in [0.4, 0.5) is 5.69 Å². The van der Waals surface area contributed by atoms with Crippen LogP contribution in [-0.4, -0.2) is 71.0 Å². The molecule has 148 valence electrons. The maximum atomic E-state index is 12.8. The van der Waals surface area contributed by atoms with Crippen LogP contribution in [0, 0.1) is 10.1 Å². The molecular weight excluding hydrogens is 378 g/mol. The number of benzene rings is 1. The first-order valence-corrected chi connectivity index (χ1v) is 10.0. The van der Waals surface area contributed by atoms with Crippen LogP contribution in [0.15, 0.2) is 24.3 Å². The van der Waals surface area contributed by atoms with Crippen LogP contribution in [0.5, 0.6) is 0 Å². The maximum Gasteiger partial charge on any atom is 0.323 e. The number of carboxylic acids is 1. The molecule has 1 saturated heterocycles. The molecule has 1 aromatic carbocycles. The van der Waals surface area contributed by atoms with Crippen molar-refractivity contribution in [3.8, 4) is 0 Å². The molecule has 1 aliphatic rings. The largest absolute Gasteiger partial charge is 0.480 e. The molecule has 0 spiro atoms. The number of amides is 1. The smallest absolute Gasteiger partial charge is 0.323 e. The van der Waals surface area contributed by atoms with E-state index in [4.69, 9.17) is 5.11 Å². The average Bonchev–Trinajstić information content (AvgIpc) is 2.65. The van der Waals surface area contributed by atoms with Crippen molar-refractivity contribution in [2.45, 2.75) is 25.8 Å². The van der Waals surface area contributed by atoms with Crippen LogP contribution in [0.25, 0.3) is 0 Å². The third kappa shape index (κ3) is 5.01. The minimum absolute atomic E-state index is 0.0156. The Morgan fingerprint density at radius 3 is 2.26 bits per heavy atom. The molecule has 0 atom stereocenters. The summed E-state index contributed by atoms with van der Waals surface area (Å²) in [6.45, 7) is 1.45. The van der Waals surface area contributed by atoms with Gasteiger partial charge in [0, 0.05) is 36.8 Å². The number of aliphatic carboxylic acids is 1. The van der Waals surface area contributed by atoms with Crippen molar-refractivity contribution < 1.29 is 28.0 Å². The summed E-state index contributed by atoms with van der Waals surface area (Å²) < 4.78 is 25.2. The van der Waals surface area contributed by atoms with E-state index in [0.29, 0.717) is 12.8 Å². The Kier molecular flexibility index (Phi) is 6.50. The fourth-order valence-electron chi connectivity index (χ4n) is 3.02. The van der Waals surface area contributed by atoms with Crippen LogP contribution in [0.1, 0.15) is 30.1 Å². The SMILES string of the molecule is CCS(=O)(=O)N1CCC(N(CC(=O)O)C(=O)c2ccc([N+](=O)[O-])cc2)CC1. The molecule has 0 aromatic heterocycles. The Morgan fingerprint density at radius 1 is 1.26 bits per heavy atom. The Hall–Kier alpha value is -2.53. The van der Waals surface area contributed by atoms with E-state index in [1.807, 2.05) is 0 Å². The number of piperidine rings is 1. The number of hydrogen-bond acceptors (Lipinski definition) is 6. The molecule has 1 amide bonds. The molecule has 10 nitrogen and oxygen atoms in total. The molecule has 0 bridgehead atoms. The van der Waals surface area contributed by atoms with Crippen LogP contribution < -0.4 is 0 Å². The molecule has 2 rings (SSSR count).